The lowest BCUT2D eigenvalue weighted by Gasteiger charge is -2.08. The molecule has 0 amide bonds. The Hall–Kier alpha value is -2.55. The van der Waals surface area contributed by atoms with Gasteiger partial charge in [-0.1, -0.05) is 30.3 Å². The molecule has 0 saturated carbocycles. The lowest BCUT2D eigenvalue weighted by atomic mass is 10.2. The molecule has 2 aromatic rings. The highest BCUT2D eigenvalue weighted by molar-refractivity contribution is 5.39. The van der Waals surface area contributed by atoms with Crippen LogP contribution in [0.3, 0.4) is 0 Å². The molecule has 0 fully saturated rings. The van der Waals surface area contributed by atoms with Crippen LogP contribution in [-0.4, -0.2) is 49.5 Å². The number of nitro groups is 1. The van der Waals surface area contributed by atoms with Gasteiger partial charge in [0, 0.05) is 11.6 Å². The van der Waals surface area contributed by atoms with Crippen LogP contribution in [0.5, 0.6) is 5.88 Å². The van der Waals surface area contributed by atoms with E-state index in [9.17, 15) is 10.1 Å². The van der Waals surface area contributed by atoms with Gasteiger partial charge in [0.15, 0.2) is 0 Å². The van der Waals surface area contributed by atoms with Gasteiger partial charge in [0.1, 0.15) is 12.8 Å². The van der Waals surface area contributed by atoms with E-state index in [1.807, 2.05) is 30.3 Å². The molecule has 0 aliphatic heterocycles. The molecule has 0 aliphatic rings. The third-order valence-electron chi connectivity index (χ3n) is 3.59. The van der Waals surface area contributed by atoms with Crippen LogP contribution < -0.4 is 4.74 Å². The molecule has 0 aliphatic carbocycles. The maximum absolute atomic E-state index is 10.7. The van der Waals surface area contributed by atoms with Crippen LogP contribution >= 0.6 is 0 Å². The number of rotatable bonds is 13. The van der Waals surface area contributed by atoms with E-state index < -0.39 is 4.92 Å². The van der Waals surface area contributed by atoms with Gasteiger partial charge < -0.3 is 18.9 Å². The van der Waals surface area contributed by atoms with Crippen molar-refractivity contribution in [3.8, 4) is 5.88 Å². The van der Waals surface area contributed by atoms with Gasteiger partial charge in [0.25, 0.3) is 5.69 Å². The zero-order chi connectivity index (χ0) is 19.3. The number of benzene rings is 1. The molecule has 8 nitrogen and oxygen atoms in total. The van der Waals surface area contributed by atoms with E-state index in [-0.39, 0.29) is 5.69 Å². The number of pyridine rings is 1. The molecule has 146 valence electrons. The van der Waals surface area contributed by atoms with Gasteiger partial charge in [-0.05, 0) is 12.5 Å². The van der Waals surface area contributed by atoms with Crippen LogP contribution in [0.15, 0.2) is 42.6 Å². The SMILES string of the molecule is Cc1cc(OCCOCCOCCOCc2ccccc2)ncc1[N+](=O)[O-]. The van der Waals surface area contributed by atoms with Gasteiger partial charge in [-0.2, -0.15) is 0 Å². The first-order chi connectivity index (χ1) is 13.2. The third-order valence-corrected chi connectivity index (χ3v) is 3.59. The Morgan fingerprint density at radius 2 is 1.59 bits per heavy atom. The minimum absolute atomic E-state index is 0.0245. The van der Waals surface area contributed by atoms with E-state index in [0.29, 0.717) is 57.7 Å². The molecule has 1 aromatic heterocycles. The van der Waals surface area contributed by atoms with Gasteiger partial charge in [0.05, 0.1) is 44.6 Å². The number of nitrogens with zero attached hydrogens (tertiary/aromatic N) is 2. The fraction of sp³-hybridized carbons (Fsp3) is 0.421. The average molecular weight is 376 g/mol. The Morgan fingerprint density at radius 1 is 0.963 bits per heavy atom. The number of hydrogen-bond acceptors (Lipinski definition) is 7. The second kappa shape index (κ2) is 11.9. The van der Waals surface area contributed by atoms with Crippen LogP contribution in [0.1, 0.15) is 11.1 Å². The Morgan fingerprint density at radius 3 is 2.22 bits per heavy atom. The quantitative estimate of drug-likeness (QED) is 0.301. The predicted molar refractivity (Wildman–Crippen MR) is 98.9 cm³/mol. The summed E-state index contributed by atoms with van der Waals surface area (Å²) in [6.07, 6.45) is 1.19. The highest BCUT2D eigenvalue weighted by atomic mass is 16.6. The first-order valence-corrected chi connectivity index (χ1v) is 8.68. The molecule has 0 spiro atoms. The molecule has 8 heteroatoms. The summed E-state index contributed by atoms with van der Waals surface area (Å²) in [6, 6.07) is 11.5. The molecule has 0 bridgehead atoms. The fourth-order valence-corrected chi connectivity index (χ4v) is 2.20. The molecule has 2 rings (SSSR count). The molecule has 1 heterocycles. The van der Waals surface area contributed by atoms with Crippen LogP contribution in [-0.2, 0) is 20.8 Å². The number of aromatic nitrogens is 1. The summed E-state index contributed by atoms with van der Waals surface area (Å²) in [5.74, 6) is 0.341. The third kappa shape index (κ3) is 8.12. The smallest absolute Gasteiger partial charge is 0.290 e. The normalized spacial score (nSPS) is 10.7. The van der Waals surface area contributed by atoms with E-state index >= 15 is 0 Å². The Bertz CT molecular complexity index is 696. The van der Waals surface area contributed by atoms with Crippen molar-refractivity contribution in [3.05, 3.63) is 63.8 Å². The van der Waals surface area contributed by atoms with E-state index in [1.165, 1.54) is 12.3 Å². The van der Waals surface area contributed by atoms with Crippen LogP contribution in [0.4, 0.5) is 5.69 Å². The van der Waals surface area contributed by atoms with E-state index in [4.69, 9.17) is 18.9 Å². The molecule has 0 atom stereocenters. The molecule has 0 unspecified atom stereocenters. The first-order valence-electron chi connectivity index (χ1n) is 8.68. The Balaban J connectivity index is 1.43. The second-order valence-electron chi connectivity index (χ2n) is 5.68. The van der Waals surface area contributed by atoms with Gasteiger partial charge in [0.2, 0.25) is 5.88 Å². The van der Waals surface area contributed by atoms with Crippen molar-refractivity contribution in [2.24, 2.45) is 0 Å². The van der Waals surface area contributed by atoms with Crippen molar-refractivity contribution in [2.45, 2.75) is 13.5 Å². The highest BCUT2D eigenvalue weighted by Crippen LogP contribution is 2.19. The molecule has 27 heavy (non-hydrogen) atoms. The number of hydrogen-bond donors (Lipinski definition) is 0. The molecular formula is C19H24N2O6. The monoisotopic (exact) mass is 376 g/mol. The van der Waals surface area contributed by atoms with Crippen LogP contribution in [0.25, 0.3) is 0 Å². The fourth-order valence-electron chi connectivity index (χ4n) is 2.20. The Kier molecular flexibility index (Phi) is 9.19. The molecule has 1 aromatic carbocycles. The van der Waals surface area contributed by atoms with Gasteiger partial charge in [-0.25, -0.2) is 4.98 Å². The molecule has 0 N–H and O–H groups in total. The molecule has 0 radical (unpaired) electrons. The largest absolute Gasteiger partial charge is 0.475 e. The predicted octanol–water partition coefficient (Wildman–Crippen LogP) is 2.93. The van der Waals surface area contributed by atoms with Crippen molar-refractivity contribution in [1.82, 2.24) is 4.98 Å². The highest BCUT2D eigenvalue weighted by Gasteiger charge is 2.11. The average Bonchev–Trinajstić information content (AvgIpc) is 2.66. The summed E-state index contributed by atoms with van der Waals surface area (Å²) in [6.45, 7) is 4.88. The number of aryl methyl sites for hydroxylation is 1. The maximum atomic E-state index is 10.7. The lowest BCUT2D eigenvalue weighted by Crippen LogP contribution is -2.13. The molecular weight excluding hydrogens is 352 g/mol. The number of ether oxygens (including phenoxy) is 4. The topological polar surface area (TPSA) is 93.0 Å². The van der Waals surface area contributed by atoms with Crippen molar-refractivity contribution in [3.63, 3.8) is 0 Å². The summed E-state index contributed by atoms with van der Waals surface area (Å²) >= 11 is 0. The summed E-state index contributed by atoms with van der Waals surface area (Å²) in [5.41, 5.74) is 1.62. The van der Waals surface area contributed by atoms with E-state index in [2.05, 4.69) is 4.98 Å². The summed E-state index contributed by atoms with van der Waals surface area (Å²) < 4.78 is 21.7. The molecule has 0 saturated heterocycles. The zero-order valence-electron chi connectivity index (χ0n) is 15.3. The summed E-state index contributed by atoms with van der Waals surface area (Å²) in [5, 5.41) is 10.7. The van der Waals surface area contributed by atoms with Gasteiger partial charge in [-0.15, -0.1) is 0 Å². The van der Waals surface area contributed by atoms with Crippen LogP contribution in [0.2, 0.25) is 0 Å². The second-order valence-corrected chi connectivity index (χ2v) is 5.68. The van der Waals surface area contributed by atoms with Gasteiger partial charge in [-0.3, -0.25) is 10.1 Å². The first kappa shape index (κ1) is 20.8. The standard InChI is InChI=1S/C19H24N2O6/c1-16-13-19(20-14-18(16)21(22)23)27-12-11-25-8-7-24-9-10-26-15-17-5-3-2-4-6-17/h2-6,13-14H,7-12,15H2,1H3. The Labute approximate surface area is 158 Å². The minimum atomic E-state index is -0.470. The minimum Gasteiger partial charge on any atom is -0.475 e. The van der Waals surface area contributed by atoms with Crippen LogP contribution in [0, 0.1) is 17.0 Å². The summed E-state index contributed by atoms with van der Waals surface area (Å²) in [4.78, 5) is 14.2. The maximum Gasteiger partial charge on any atom is 0.290 e. The van der Waals surface area contributed by atoms with Gasteiger partial charge >= 0.3 is 0 Å². The summed E-state index contributed by atoms with van der Waals surface area (Å²) in [7, 11) is 0. The van der Waals surface area contributed by atoms with E-state index in [0.717, 1.165) is 5.56 Å². The van der Waals surface area contributed by atoms with Crippen molar-refractivity contribution >= 4 is 5.69 Å². The van der Waals surface area contributed by atoms with Crippen molar-refractivity contribution in [1.29, 1.82) is 0 Å². The van der Waals surface area contributed by atoms with Crippen molar-refractivity contribution < 1.29 is 23.9 Å². The van der Waals surface area contributed by atoms with E-state index in [1.54, 1.807) is 6.92 Å². The zero-order valence-corrected chi connectivity index (χ0v) is 15.3. The lowest BCUT2D eigenvalue weighted by molar-refractivity contribution is -0.385. The van der Waals surface area contributed by atoms with Crippen molar-refractivity contribution in [2.75, 3.05) is 39.6 Å².